The third-order valence-electron chi connectivity index (χ3n) is 4.71. The summed E-state index contributed by atoms with van der Waals surface area (Å²) in [5, 5.41) is 25.1. The number of hydrogen-bond acceptors (Lipinski definition) is 7. The number of aromatic nitrogens is 4. The summed E-state index contributed by atoms with van der Waals surface area (Å²) in [6.45, 7) is 4.14. The summed E-state index contributed by atoms with van der Waals surface area (Å²) in [7, 11) is 1.49. The molecule has 0 bridgehead atoms. The van der Waals surface area contributed by atoms with Crippen LogP contribution in [-0.2, 0) is 4.79 Å². The molecule has 25 heavy (non-hydrogen) atoms. The normalized spacial score (nSPS) is 21.4. The molecule has 8 nitrogen and oxygen atoms in total. The molecule has 1 atom stereocenters. The standard InChI is InChI=1S/C17H19N5O3/c1-17(2)7-10-14(12(24)8-17)15(22-16(18-10)19-20-21-22)9-4-5-13(25-3)11(23)6-9/h4-6,15,23H,7-8H2,1-3H3,(H,18,19,21)/t15-/m1/s1. The van der Waals surface area contributed by atoms with Crippen molar-refractivity contribution in [3.63, 3.8) is 0 Å². The summed E-state index contributed by atoms with van der Waals surface area (Å²) in [6, 6.07) is 4.62. The van der Waals surface area contributed by atoms with Crippen LogP contribution in [0.5, 0.6) is 11.5 Å². The first-order valence-electron chi connectivity index (χ1n) is 8.08. The van der Waals surface area contributed by atoms with Crippen LogP contribution in [0, 0.1) is 5.41 Å². The van der Waals surface area contributed by atoms with E-state index in [2.05, 4.69) is 34.7 Å². The van der Waals surface area contributed by atoms with E-state index in [0.29, 0.717) is 23.7 Å². The van der Waals surface area contributed by atoms with Crippen LogP contribution < -0.4 is 10.1 Å². The number of phenolic OH excluding ortho intramolecular Hbond substituents is 1. The molecular weight excluding hydrogens is 322 g/mol. The highest BCUT2D eigenvalue weighted by molar-refractivity contribution is 6.00. The molecule has 1 aliphatic carbocycles. The number of fused-ring (bicyclic) bond motifs is 1. The lowest BCUT2D eigenvalue weighted by molar-refractivity contribution is -0.118. The molecule has 1 aromatic carbocycles. The molecular formula is C17H19N5O3. The number of aromatic hydroxyl groups is 1. The topological polar surface area (TPSA) is 102 Å². The van der Waals surface area contributed by atoms with E-state index < -0.39 is 6.04 Å². The fourth-order valence-corrected chi connectivity index (χ4v) is 3.66. The third kappa shape index (κ3) is 2.45. The van der Waals surface area contributed by atoms with E-state index in [1.807, 2.05) is 6.07 Å². The predicted octanol–water partition coefficient (Wildman–Crippen LogP) is 2.05. The van der Waals surface area contributed by atoms with Gasteiger partial charge in [0.25, 0.3) is 0 Å². The number of Topliss-reactive ketones (excluding diaryl/α,β-unsaturated/α-hetero) is 1. The van der Waals surface area contributed by atoms with E-state index >= 15 is 0 Å². The largest absolute Gasteiger partial charge is 0.504 e. The molecule has 0 saturated heterocycles. The maximum absolute atomic E-state index is 12.9. The summed E-state index contributed by atoms with van der Waals surface area (Å²) < 4.78 is 6.69. The fourth-order valence-electron chi connectivity index (χ4n) is 3.66. The van der Waals surface area contributed by atoms with Crippen molar-refractivity contribution in [1.82, 2.24) is 20.2 Å². The molecule has 0 spiro atoms. The number of benzene rings is 1. The Morgan fingerprint density at radius 2 is 2.16 bits per heavy atom. The maximum atomic E-state index is 12.9. The number of allylic oxidation sites excluding steroid dienone is 2. The number of carbonyl (C=O) groups excluding carboxylic acids is 1. The Labute approximate surface area is 144 Å². The van der Waals surface area contributed by atoms with Crippen molar-refractivity contribution in [2.45, 2.75) is 32.7 Å². The van der Waals surface area contributed by atoms with Gasteiger partial charge in [-0.3, -0.25) is 4.79 Å². The molecule has 2 heterocycles. The summed E-state index contributed by atoms with van der Waals surface area (Å²) in [6.07, 6.45) is 1.20. The van der Waals surface area contributed by atoms with Gasteiger partial charge in [-0.05, 0) is 40.0 Å². The Morgan fingerprint density at radius 3 is 2.88 bits per heavy atom. The van der Waals surface area contributed by atoms with Gasteiger partial charge in [0.2, 0.25) is 5.95 Å². The number of phenols is 1. The molecule has 4 rings (SSSR count). The molecule has 2 aromatic rings. The zero-order valence-electron chi connectivity index (χ0n) is 14.3. The number of nitrogens with zero attached hydrogens (tertiary/aromatic N) is 4. The second kappa shape index (κ2) is 5.30. The van der Waals surface area contributed by atoms with Crippen LogP contribution >= 0.6 is 0 Å². The Bertz CT molecular complexity index is 899. The molecule has 0 unspecified atom stereocenters. The number of anilines is 1. The van der Waals surface area contributed by atoms with Crippen molar-refractivity contribution in [2.24, 2.45) is 5.41 Å². The van der Waals surface area contributed by atoms with Crippen molar-refractivity contribution < 1.29 is 14.6 Å². The van der Waals surface area contributed by atoms with Crippen LogP contribution in [0.15, 0.2) is 29.5 Å². The quantitative estimate of drug-likeness (QED) is 0.862. The van der Waals surface area contributed by atoms with Gasteiger partial charge in [-0.2, -0.15) is 4.68 Å². The highest BCUT2D eigenvalue weighted by atomic mass is 16.5. The first-order valence-corrected chi connectivity index (χ1v) is 8.08. The lowest BCUT2D eigenvalue weighted by Gasteiger charge is -2.37. The molecule has 0 saturated carbocycles. The van der Waals surface area contributed by atoms with Crippen LogP contribution in [0.1, 0.15) is 38.3 Å². The monoisotopic (exact) mass is 341 g/mol. The number of nitrogens with one attached hydrogen (secondary N) is 1. The zero-order chi connectivity index (χ0) is 17.8. The molecule has 0 radical (unpaired) electrons. The van der Waals surface area contributed by atoms with Gasteiger partial charge in [-0.15, -0.1) is 0 Å². The smallest absolute Gasteiger partial charge is 0.248 e. The van der Waals surface area contributed by atoms with Gasteiger partial charge >= 0.3 is 0 Å². The number of ketones is 1. The molecule has 1 aromatic heterocycles. The van der Waals surface area contributed by atoms with E-state index in [0.717, 1.165) is 17.7 Å². The van der Waals surface area contributed by atoms with Gasteiger partial charge in [0.15, 0.2) is 17.3 Å². The summed E-state index contributed by atoms with van der Waals surface area (Å²) in [5.74, 6) is 0.948. The summed E-state index contributed by atoms with van der Waals surface area (Å²) >= 11 is 0. The van der Waals surface area contributed by atoms with Crippen LogP contribution in [-0.4, -0.2) is 38.2 Å². The van der Waals surface area contributed by atoms with Gasteiger partial charge in [0.1, 0.15) is 6.04 Å². The molecule has 2 N–H and O–H groups in total. The SMILES string of the molecule is COc1ccc([C@@H]2C3=C(CC(C)(C)CC3=O)Nc3nnnn32)cc1O. The lowest BCUT2D eigenvalue weighted by atomic mass is 9.73. The second-order valence-electron chi connectivity index (χ2n) is 7.24. The van der Waals surface area contributed by atoms with Gasteiger partial charge in [0.05, 0.1) is 7.11 Å². The molecule has 0 fully saturated rings. The number of methoxy groups -OCH3 is 1. The molecule has 130 valence electrons. The van der Waals surface area contributed by atoms with E-state index in [1.54, 1.807) is 16.8 Å². The number of tetrazole rings is 1. The number of ether oxygens (including phenoxy) is 1. The third-order valence-corrected chi connectivity index (χ3v) is 4.71. The van der Waals surface area contributed by atoms with E-state index in [9.17, 15) is 9.90 Å². The summed E-state index contributed by atoms with van der Waals surface area (Å²) in [4.78, 5) is 12.9. The number of rotatable bonds is 2. The van der Waals surface area contributed by atoms with Crippen molar-refractivity contribution in [3.05, 3.63) is 35.0 Å². The Kier molecular flexibility index (Phi) is 3.31. The highest BCUT2D eigenvalue weighted by Gasteiger charge is 2.41. The van der Waals surface area contributed by atoms with Crippen LogP contribution in [0.2, 0.25) is 0 Å². The Morgan fingerprint density at radius 1 is 1.36 bits per heavy atom. The fraction of sp³-hybridized carbons (Fsp3) is 0.412. The average molecular weight is 341 g/mol. The van der Waals surface area contributed by atoms with E-state index in [4.69, 9.17) is 4.74 Å². The minimum atomic E-state index is -0.471. The number of carbonyl (C=O) groups is 1. The van der Waals surface area contributed by atoms with Crippen molar-refractivity contribution in [3.8, 4) is 11.5 Å². The molecule has 1 aliphatic heterocycles. The van der Waals surface area contributed by atoms with Crippen LogP contribution in [0.25, 0.3) is 0 Å². The first-order chi connectivity index (χ1) is 11.9. The Hall–Kier alpha value is -2.90. The minimum Gasteiger partial charge on any atom is -0.504 e. The van der Waals surface area contributed by atoms with Gasteiger partial charge in [-0.25, -0.2) is 0 Å². The van der Waals surface area contributed by atoms with Crippen LogP contribution in [0.4, 0.5) is 5.95 Å². The van der Waals surface area contributed by atoms with Crippen molar-refractivity contribution in [1.29, 1.82) is 0 Å². The second-order valence-corrected chi connectivity index (χ2v) is 7.24. The van der Waals surface area contributed by atoms with Crippen molar-refractivity contribution >= 4 is 11.7 Å². The maximum Gasteiger partial charge on any atom is 0.248 e. The highest BCUT2D eigenvalue weighted by Crippen LogP contribution is 2.45. The average Bonchev–Trinajstić information content (AvgIpc) is 2.99. The van der Waals surface area contributed by atoms with Crippen LogP contribution in [0.3, 0.4) is 0 Å². The number of hydrogen-bond donors (Lipinski definition) is 2. The van der Waals surface area contributed by atoms with E-state index in [-0.39, 0.29) is 16.9 Å². The lowest BCUT2D eigenvalue weighted by Crippen LogP contribution is -2.36. The van der Waals surface area contributed by atoms with Gasteiger partial charge in [-0.1, -0.05) is 25.0 Å². The van der Waals surface area contributed by atoms with Gasteiger partial charge < -0.3 is 15.2 Å². The summed E-state index contributed by atoms with van der Waals surface area (Å²) in [5.41, 5.74) is 2.12. The molecule has 0 amide bonds. The van der Waals surface area contributed by atoms with E-state index in [1.165, 1.54) is 7.11 Å². The minimum absolute atomic E-state index is 0.0129. The van der Waals surface area contributed by atoms with Crippen molar-refractivity contribution in [2.75, 3.05) is 12.4 Å². The zero-order valence-corrected chi connectivity index (χ0v) is 14.3. The predicted molar refractivity (Wildman–Crippen MR) is 89.3 cm³/mol. The van der Waals surface area contributed by atoms with Gasteiger partial charge in [0, 0.05) is 17.7 Å². The molecule has 2 aliphatic rings. The Balaban J connectivity index is 1.88. The molecule has 8 heteroatoms. The first kappa shape index (κ1) is 15.6.